The van der Waals surface area contributed by atoms with Crippen molar-refractivity contribution in [3.63, 3.8) is 0 Å². The van der Waals surface area contributed by atoms with Gasteiger partial charge < -0.3 is 15.0 Å². The summed E-state index contributed by atoms with van der Waals surface area (Å²) in [5, 5.41) is 3.96. The van der Waals surface area contributed by atoms with Crippen LogP contribution in [-0.4, -0.2) is 28.9 Å². The first kappa shape index (κ1) is 23.0. The van der Waals surface area contributed by atoms with Gasteiger partial charge in [-0.2, -0.15) is 0 Å². The number of ether oxygens (including phenoxy) is 1. The highest BCUT2D eigenvalue weighted by Gasteiger charge is 2.32. The highest BCUT2D eigenvalue weighted by molar-refractivity contribution is 7.85. The molecule has 33 heavy (non-hydrogen) atoms. The number of pyridine rings is 1. The summed E-state index contributed by atoms with van der Waals surface area (Å²) in [6, 6.07) is 16.0. The van der Waals surface area contributed by atoms with Crippen LogP contribution < -0.4 is 15.0 Å². The highest BCUT2D eigenvalue weighted by atomic mass is 32.2. The van der Waals surface area contributed by atoms with E-state index < -0.39 is 10.8 Å². The summed E-state index contributed by atoms with van der Waals surface area (Å²) in [4.78, 5) is 11.1. The molecule has 1 aromatic heterocycles. The number of hydrogen-bond donors (Lipinski definition) is 1. The number of fused-ring (bicyclic) bond motifs is 2. The number of hydrogen-bond acceptors (Lipinski definition) is 5. The van der Waals surface area contributed by atoms with Crippen molar-refractivity contribution in [2.45, 2.75) is 43.7 Å². The molecule has 2 aromatic carbocycles. The van der Waals surface area contributed by atoms with E-state index in [4.69, 9.17) is 11.3 Å². The molecular formula is C26H28N4O2S. The Morgan fingerprint density at radius 2 is 1.97 bits per heavy atom. The van der Waals surface area contributed by atoms with E-state index in [1.165, 1.54) is 5.56 Å². The molecule has 1 unspecified atom stereocenters. The minimum atomic E-state index is -1.44. The monoisotopic (exact) mass is 460 g/mol. The van der Waals surface area contributed by atoms with Crippen LogP contribution in [0.4, 0.5) is 17.1 Å². The number of aryl methyl sites for hydroxylation is 1. The van der Waals surface area contributed by atoms with Crippen LogP contribution in [0.1, 0.15) is 30.0 Å². The van der Waals surface area contributed by atoms with E-state index in [0.717, 1.165) is 53.5 Å². The lowest BCUT2D eigenvalue weighted by Gasteiger charge is -2.34. The van der Waals surface area contributed by atoms with Crippen molar-refractivity contribution in [1.82, 2.24) is 10.3 Å². The second-order valence-corrected chi connectivity index (χ2v) is 9.34. The molecule has 2 heterocycles. The molecule has 0 aliphatic carbocycles. The van der Waals surface area contributed by atoms with Gasteiger partial charge in [0.25, 0.3) is 0 Å². The SMILES string of the molecule is [C-]#[N+]c1cc2c(nc1OCC)S(=O)c1ccc(C)c(C)c1N2CCCNCc1ccccc1. The summed E-state index contributed by atoms with van der Waals surface area (Å²) >= 11 is 0. The molecule has 0 amide bonds. The molecule has 1 aliphatic rings. The van der Waals surface area contributed by atoms with Crippen LogP contribution in [0.25, 0.3) is 4.85 Å². The maximum Gasteiger partial charge on any atom is 0.249 e. The fraction of sp³-hybridized carbons (Fsp3) is 0.308. The number of rotatable bonds is 8. The van der Waals surface area contributed by atoms with Crippen LogP contribution in [0.15, 0.2) is 58.5 Å². The lowest BCUT2D eigenvalue weighted by Crippen LogP contribution is -2.29. The molecule has 7 heteroatoms. The summed E-state index contributed by atoms with van der Waals surface area (Å²) < 4.78 is 19.1. The van der Waals surface area contributed by atoms with Gasteiger partial charge in [-0.25, -0.2) is 14.0 Å². The predicted molar refractivity (Wildman–Crippen MR) is 132 cm³/mol. The Labute approximate surface area is 197 Å². The molecule has 0 radical (unpaired) electrons. The molecule has 0 fully saturated rings. The third-order valence-corrected chi connectivity index (χ3v) is 7.20. The number of nitrogens with zero attached hydrogens (tertiary/aromatic N) is 3. The summed E-state index contributed by atoms with van der Waals surface area (Å²) in [5.74, 6) is 0.247. The Hall–Kier alpha value is -3.21. The Morgan fingerprint density at radius 1 is 1.18 bits per heavy atom. The standard InChI is InChI=1S/C26H28N4O2S/c1-5-32-25-21(27-4)16-22-26(29-25)33(31)23-13-12-18(2)19(3)24(23)30(22)15-9-14-28-17-20-10-7-6-8-11-20/h6-8,10-13,16,28H,5,9,14-15,17H2,1-3H3. The lowest BCUT2D eigenvalue weighted by atomic mass is 10.1. The normalized spacial score (nSPS) is 14.4. The van der Waals surface area contributed by atoms with E-state index in [1.54, 1.807) is 6.07 Å². The van der Waals surface area contributed by atoms with E-state index >= 15 is 0 Å². The van der Waals surface area contributed by atoms with Gasteiger partial charge in [0.05, 0.1) is 29.4 Å². The Morgan fingerprint density at radius 3 is 2.70 bits per heavy atom. The fourth-order valence-electron chi connectivity index (χ4n) is 4.02. The van der Waals surface area contributed by atoms with Crippen molar-refractivity contribution < 1.29 is 8.95 Å². The van der Waals surface area contributed by atoms with Crippen molar-refractivity contribution in [3.05, 3.63) is 76.6 Å². The van der Waals surface area contributed by atoms with Crippen LogP contribution >= 0.6 is 0 Å². The molecule has 0 bridgehead atoms. The van der Waals surface area contributed by atoms with Crippen molar-refractivity contribution in [1.29, 1.82) is 0 Å². The molecule has 1 N–H and O–H groups in total. The zero-order chi connectivity index (χ0) is 23.4. The molecule has 6 nitrogen and oxygen atoms in total. The third-order valence-electron chi connectivity index (χ3n) is 5.82. The average Bonchev–Trinajstić information content (AvgIpc) is 2.83. The molecule has 3 aromatic rings. The van der Waals surface area contributed by atoms with E-state index in [2.05, 4.69) is 46.0 Å². The van der Waals surface area contributed by atoms with E-state index in [9.17, 15) is 4.21 Å². The summed E-state index contributed by atoms with van der Waals surface area (Å²) in [7, 11) is -1.44. The van der Waals surface area contributed by atoms with Gasteiger partial charge in [0.15, 0.2) is 5.03 Å². The van der Waals surface area contributed by atoms with Crippen molar-refractivity contribution in [2.24, 2.45) is 0 Å². The zero-order valence-corrected chi connectivity index (χ0v) is 20.0. The largest absolute Gasteiger partial charge is 0.487 e. The number of anilines is 2. The number of aromatic nitrogens is 1. The van der Waals surface area contributed by atoms with E-state index in [-0.39, 0.29) is 5.88 Å². The van der Waals surface area contributed by atoms with Crippen LogP contribution in [-0.2, 0) is 17.3 Å². The Balaban J connectivity index is 1.64. The fourth-order valence-corrected chi connectivity index (χ4v) is 5.39. The topological polar surface area (TPSA) is 58.8 Å². The molecule has 1 atom stereocenters. The lowest BCUT2D eigenvalue weighted by molar-refractivity contribution is 0.326. The predicted octanol–water partition coefficient (Wildman–Crippen LogP) is 5.45. The quantitative estimate of drug-likeness (QED) is 0.358. The average molecular weight is 461 g/mol. The molecule has 0 saturated carbocycles. The van der Waals surface area contributed by atoms with Gasteiger partial charge in [-0.05, 0) is 62.6 Å². The van der Waals surface area contributed by atoms with Crippen molar-refractivity contribution in [3.8, 4) is 5.88 Å². The van der Waals surface area contributed by atoms with E-state index in [1.807, 2.05) is 37.3 Å². The minimum Gasteiger partial charge on any atom is -0.487 e. The van der Waals surface area contributed by atoms with Crippen molar-refractivity contribution in [2.75, 3.05) is 24.6 Å². The van der Waals surface area contributed by atoms with E-state index in [0.29, 0.717) is 17.3 Å². The molecule has 0 spiro atoms. The second kappa shape index (κ2) is 10.2. The van der Waals surface area contributed by atoms with Gasteiger partial charge >= 0.3 is 0 Å². The smallest absolute Gasteiger partial charge is 0.249 e. The number of benzene rings is 2. The van der Waals surface area contributed by atoms with Gasteiger partial charge in [-0.3, -0.25) is 0 Å². The van der Waals surface area contributed by atoms with Gasteiger partial charge in [0, 0.05) is 13.1 Å². The van der Waals surface area contributed by atoms with Crippen molar-refractivity contribution >= 4 is 27.9 Å². The molecule has 1 aliphatic heterocycles. The summed E-state index contributed by atoms with van der Waals surface area (Å²) in [5.41, 5.74) is 5.53. The number of nitrogens with one attached hydrogen (secondary N) is 1. The van der Waals surface area contributed by atoms with Gasteiger partial charge in [0.2, 0.25) is 11.6 Å². The molecule has 4 rings (SSSR count). The second-order valence-electron chi connectivity index (χ2n) is 7.97. The Kier molecular flexibility index (Phi) is 7.07. The first-order valence-corrected chi connectivity index (χ1v) is 12.3. The molecule has 0 saturated heterocycles. The highest BCUT2D eigenvalue weighted by Crippen LogP contribution is 2.46. The third kappa shape index (κ3) is 4.63. The summed E-state index contributed by atoms with van der Waals surface area (Å²) in [6.45, 7) is 16.3. The van der Waals surface area contributed by atoms with Crippen LogP contribution in [0.2, 0.25) is 0 Å². The van der Waals surface area contributed by atoms with Gasteiger partial charge in [-0.1, -0.05) is 36.4 Å². The first-order chi connectivity index (χ1) is 16.0. The van der Waals surface area contributed by atoms with Gasteiger partial charge in [0.1, 0.15) is 10.8 Å². The minimum absolute atomic E-state index is 0.247. The van der Waals surface area contributed by atoms with Crippen LogP contribution in [0.3, 0.4) is 0 Å². The molecular weight excluding hydrogens is 432 g/mol. The zero-order valence-electron chi connectivity index (χ0n) is 19.2. The maximum absolute atomic E-state index is 13.5. The Bertz CT molecular complexity index is 1220. The summed E-state index contributed by atoms with van der Waals surface area (Å²) in [6.07, 6.45) is 0.881. The first-order valence-electron chi connectivity index (χ1n) is 11.1. The van der Waals surface area contributed by atoms with Crippen LogP contribution in [0.5, 0.6) is 5.88 Å². The van der Waals surface area contributed by atoms with Crippen LogP contribution in [0, 0.1) is 20.4 Å². The van der Waals surface area contributed by atoms with Gasteiger partial charge in [-0.15, -0.1) is 0 Å². The molecule has 170 valence electrons. The maximum atomic E-state index is 13.5.